The fourth-order valence-electron chi connectivity index (χ4n) is 5.41. The van der Waals surface area contributed by atoms with Gasteiger partial charge in [-0.25, -0.2) is 9.67 Å². The molecule has 5 heterocycles. The van der Waals surface area contributed by atoms with Gasteiger partial charge in [-0.1, -0.05) is 5.10 Å². The highest BCUT2D eigenvalue weighted by molar-refractivity contribution is 6.07. The van der Waals surface area contributed by atoms with Crippen LogP contribution in [0.4, 0.5) is 17.5 Å². The van der Waals surface area contributed by atoms with E-state index in [1.54, 1.807) is 4.68 Å². The lowest BCUT2D eigenvalue weighted by atomic mass is 10.0. The summed E-state index contributed by atoms with van der Waals surface area (Å²) in [5.41, 5.74) is 4.65. The lowest BCUT2D eigenvalue weighted by molar-refractivity contribution is -0.113. The first kappa shape index (κ1) is 24.0. The maximum Gasteiger partial charge on any atom is 0.255 e. The van der Waals surface area contributed by atoms with Crippen molar-refractivity contribution in [1.82, 2.24) is 40.3 Å². The monoisotopic (exact) mass is 513 g/mol. The summed E-state index contributed by atoms with van der Waals surface area (Å²) in [7, 11) is 2.18. The van der Waals surface area contributed by atoms with E-state index in [9.17, 15) is 4.79 Å². The number of aromatic amines is 1. The molecule has 3 atom stereocenters. The molecule has 1 unspecified atom stereocenters. The van der Waals surface area contributed by atoms with Gasteiger partial charge in [0.25, 0.3) is 5.91 Å². The molecule has 1 fully saturated rings. The van der Waals surface area contributed by atoms with Gasteiger partial charge in [0.1, 0.15) is 11.5 Å². The van der Waals surface area contributed by atoms with Crippen molar-refractivity contribution in [1.29, 1.82) is 0 Å². The number of anilines is 3. The molecule has 12 heteroatoms. The summed E-state index contributed by atoms with van der Waals surface area (Å²) in [5.74, 6) is 1.25. The van der Waals surface area contributed by atoms with Gasteiger partial charge >= 0.3 is 0 Å². The molecule has 196 valence electrons. The Bertz CT molecular complexity index is 1540. The third kappa shape index (κ3) is 4.06. The summed E-state index contributed by atoms with van der Waals surface area (Å²) >= 11 is 0. The minimum absolute atomic E-state index is 0.211. The van der Waals surface area contributed by atoms with Crippen LogP contribution in [0.5, 0.6) is 0 Å². The van der Waals surface area contributed by atoms with Gasteiger partial charge in [0.2, 0.25) is 5.95 Å². The van der Waals surface area contributed by atoms with E-state index >= 15 is 0 Å². The molecule has 38 heavy (non-hydrogen) atoms. The molecule has 6 rings (SSSR count). The fourth-order valence-corrected chi connectivity index (χ4v) is 5.41. The first-order chi connectivity index (χ1) is 18.3. The Balaban J connectivity index is 1.27. The Morgan fingerprint density at radius 2 is 1.89 bits per heavy atom. The van der Waals surface area contributed by atoms with Crippen molar-refractivity contribution in [2.45, 2.75) is 45.8 Å². The number of amides is 1. The average molecular weight is 514 g/mol. The van der Waals surface area contributed by atoms with Gasteiger partial charge in [0.05, 0.1) is 17.1 Å². The average Bonchev–Trinajstić information content (AvgIpc) is 3.54. The van der Waals surface area contributed by atoms with Crippen LogP contribution in [0.2, 0.25) is 0 Å². The van der Waals surface area contributed by atoms with E-state index in [-0.39, 0.29) is 11.9 Å². The predicted molar refractivity (Wildman–Crippen MR) is 146 cm³/mol. The van der Waals surface area contributed by atoms with Crippen molar-refractivity contribution in [3.63, 3.8) is 0 Å². The van der Waals surface area contributed by atoms with E-state index in [4.69, 9.17) is 0 Å². The Kier molecular flexibility index (Phi) is 5.83. The summed E-state index contributed by atoms with van der Waals surface area (Å²) in [6, 6.07) is 10.4. The maximum atomic E-state index is 13.3. The second-order valence-corrected chi connectivity index (χ2v) is 10.2. The standard InChI is InChI=1S/C26H31N11O/c1-14-12-36(13-15(2)35(14)5)22-10-18(8-9-27-22)24-20-11-19(6-7-21(20)30-31-24)29-25(38)23-16(3)28-26-32-33-34-37(26)17(23)4/h6-11,14-15,17H,12-13H2,1-5H3,(H,29,38)(H,30,31)(H,28,32,34)/t14-,15+,17?. The smallest absolute Gasteiger partial charge is 0.255 e. The Morgan fingerprint density at radius 1 is 1.11 bits per heavy atom. The molecular formula is C26H31N11O. The number of nitrogens with one attached hydrogen (secondary N) is 3. The number of nitrogens with zero attached hydrogens (tertiary/aromatic N) is 8. The van der Waals surface area contributed by atoms with Crippen LogP contribution < -0.4 is 15.5 Å². The SMILES string of the molecule is CC1=C(C(=O)Nc2ccc3[nH]nc(-c4ccnc(N5C[C@@H](C)N(C)[C@@H](C)C5)c4)c3c2)C(C)n2nnnc2N1. The molecule has 4 aromatic rings. The van der Waals surface area contributed by atoms with E-state index < -0.39 is 0 Å². The molecule has 1 amide bonds. The summed E-state index contributed by atoms with van der Waals surface area (Å²) in [6.07, 6.45) is 1.84. The molecule has 0 aliphatic carbocycles. The number of carbonyl (C=O) groups is 1. The van der Waals surface area contributed by atoms with Gasteiger partial charge < -0.3 is 15.5 Å². The quantitative estimate of drug-likeness (QED) is 0.377. The number of benzene rings is 1. The zero-order chi connectivity index (χ0) is 26.6. The van der Waals surface area contributed by atoms with E-state index in [0.717, 1.165) is 46.8 Å². The molecule has 3 N–H and O–H groups in total. The molecule has 0 spiro atoms. The fraction of sp³-hybridized carbons (Fsp3) is 0.385. The van der Waals surface area contributed by atoms with Gasteiger partial charge in [-0.2, -0.15) is 5.10 Å². The molecule has 3 aromatic heterocycles. The van der Waals surface area contributed by atoms with Crippen LogP contribution in [0.25, 0.3) is 22.2 Å². The molecular weight excluding hydrogens is 482 g/mol. The molecule has 0 bridgehead atoms. The first-order valence-electron chi connectivity index (χ1n) is 12.8. The number of likely N-dealkylation sites (N-methyl/N-ethyl adjacent to an activating group) is 1. The zero-order valence-corrected chi connectivity index (χ0v) is 22.1. The highest BCUT2D eigenvalue weighted by atomic mass is 16.1. The minimum atomic E-state index is -0.301. The van der Waals surface area contributed by atoms with Crippen LogP contribution >= 0.6 is 0 Å². The minimum Gasteiger partial charge on any atom is -0.353 e. The second-order valence-electron chi connectivity index (χ2n) is 10.2. The topological polar surface area (TPSA) is 133 Å². The Labute approximate surface area is 220 Å². The summed E-state index contributed by atoms with van der Waals surface area (Å²) < 4.78 is 1.60. The molecule has 12 nitrogen and oxygen atoms in total. The van der Waals surface area contributed by atoms with Gasteiger partial charge in [-0.05, 0) is 75.5 Å². The number of tetrazole rings is 1. The van der Waals surface area contributed by atoms with Gasteiger partial charge in [-0.15, -0.1) is 0 Å². The molecule has 0 radical (unpaired) electrons. The van der Waals surface area contributed by atoms with Gasteiger partial charge in [0, 0.05) is 53.7 Å². The van der Waals surface area contributed by atoms with Crippen LogP contribution in [-0.4, -0.2) is 78.4 Å². The highest BCUT2D eigenvalue weighted by Gasteiger charge is 2.30. The van der Waals surface area contributed by atoms with Crippen LogP contribution in [0.3, 0.4) is 0 Å². The normalized spacial score (nSPS) is 21.9. The molecule has 1 saturated heterocycles. The van der Waals surface area contributed by atoms with Crippen molar-refractivity contribution < 1.29 is 4.79 Å². The third-order valence-corrected chi connectivity index (χ3v) is 7.75. The molecule has 2 aliphatic rings. The number of hydrogen-bond acceptors (Lipinski definition) is 9. The largest absolute Gasteiger partial charge is 0.353 e. The van der Waals surface area contributed by atoms with E-state index in [2.05, 4.69) is 78.1 Å². The maximum absolute atomic E-state index is 13.3. The van der Waals surface area contributed by atoms with Gasteiger partial charge in [0.15, 0.2) is 0 Å². The van der Waals surface area contributed by atoms with Crippen LogP contribution in [0, 0.1) is 0 Å². The van der Waals surface area contributed by atoms with Crippen molar-refractivity contribution in [2.24, 2.45) is 0 Å². The number of aromatic nitrogens is 7. The van der Waals surface area contributed by atoms with Crippen LogP contribution in [0.15, 0.2) is 47.8 Å². The van der Waals surface area contributed by atoms with Crippen molar-refractivity contribution in [2.75, 3.05) is 35.7 Å². The number of H-pyrrole nitrogens is 1. The number of fused-ring (bicyclic) bond motifs is 2. The van der Waals surface area contributed by atoms with Crippen LogP contribution in [0.1, 0.15) is 33.7 Å². The number of pyridine rings is 1. The molecule has 1 aromatic carbocycles. The Morgan fingerprint density at radius 3 is 2.68 bits per heavy atom. The van der Waals surface area contributed by atoms with E-state index in [1.807, 2.05) is 44.3 Å². The first-order valence-corrected chi connectivity index (χ1v) is 12.8. The van der Waals surface area contributed by atoms with Crippen LogP contribution in [-0.2, 0) is 4.79 Å². The third-order valence-electron chi connectivity index (χ3n) is 7.75. The summed E-state index contributed by atoms with van der Waals surface area (Å²) in [5, 5.41) is 26.5. The lowest BCUT2D eigenvalue weighted by Crippen LogP contribution is -2.55. The number of allylic oxidation sites excluding steroid dienone is 1. The predicted octanol–water partition coefficient (Wildman–Crippen LogP) is 3.04. The molecule has 2 aliphatic heterocycles. The summed E-state index contributed by atoms with van der Waals surface area (Å²) in [6.45, 7) is 10.1. The van der Waals surface area contributed by atoms with Crippen molar-refractivity contribution in [3.05, 3.63) is 47.8 Å². The zero-order valence-electron chi connectivity index (χ0n) is 22.1. The number of rotatable bonds is 4. The molecule has 0 saturated carbocycles. The van der Waals surface area contributed by atoms with Crippen molar-refractivity contribution in [3.8, 4) is 11.3 Å². The number of piperazine rings is 1. The number of hydrogen-bond donors (Lipinski definition) is 3. The lowest BCUT2D eigenvalue weighted by Gasteiger charge is -2.43. The Hall–Kier alpha value is -4.32. The second kappa shape index (κ2) is 9.21. The van der Waals surface area contributed by atoms with E-state index in [0.29, 0.717) is 29.3 Å². The van der Waals surface area contributed by atoms with Crippen molar-refractivity contribution >= 4 is 34.3 Å². The summed E-state index contributed by atoms with van der Waals surface area (Å²) in [4.78, 5) is 22.7. The van der Waals surface area contributed by atoms with E-state index in [1.165, 1.54) is 0 Å². The van der Waals surface area contributed by atoms with Gasteiger partial charge in [-0.3, -0.25) is 14.8 Å². The highest BCUT2D eigenvalue weighted by Crippen LogP contribution is 2.32. The number of carbonyl (C=O) groups excluding carboxylic acids is 1.